The number of carbonyl (C=O) groups is 2. The van der Waals surface area contributed by atoms with Crippen molar-refractivity contribution in [3.63, 3.8) is 0 Å². The molecular formula is C14H20N4O2. The van der Waals surface area contributed by atoms with Crippen LogP contribution in [0.4, 0.5) is 11.4 Å². The number of benzene rings is 1. The first-order valence-corrected chi connectivity index (χ1v) is 6.62. The van der Waals surface area contributed by atoms with Gasteiger partial charge in [-0.3, -0.25) is 9.59 Å². The number of nitrogens with zero attached hydrogens (tertiary/aromatic N) is 1. The van der Waals surface area contributed by atoms with E-state index in [0.717, 1.165) is 5.69 Å². The summed E-state index contributed by atoms with van der Waals surface area (Å²) in [5.41, 5.74) is 7.92. The van der Waals surface area contributed by atoms with Crippen LogP contribution in [-0.2, 0) is 4.79 Å². The van der Waals surface area contributed by atoms with Gasteiger partial charge in [0.05, 0.1) is 11.4 Å². The maximum atomic E-state index is 12.1. The average Bonchev–Trinajstić information content (AvgIpc) is 2.40. The van der Waals surface area contributed by atoms with Gasteiger partial charge < -0.3 is 21.3 Å². The van der Waals surface area contributed by atoms with Crippen molar-refractivity contribution >= 4 is 23.2 Å². The van der Waals surface area contributed by atoms with Crippen molar-refractivity contribution in [2.45, 2.75) is 18.9 Å². The Morgan fingerprint density at radius 1 is 1.45 bits per heavy atom. The molecule has 2 rings (SSSR count). The van der Waals surface area contributed by atoms with E-state index in [1.54, 1.807) is 12.1 Å². The maximum absolute atomic E-state index is 12.1. The lowest BCUT2D eigenvalue weighted by Gasteiger charge is -2.23. The Labute approximate surface area is 118 Å². The Balaban J connectivity index is 2.02. The number of amides is 2. The topological polar surface area (TPSA) is 87.5 Å². The molecule has 108 valence electrons. The van der Waals surface area contributed by atoms with E-state index >= 15 is 0 Å². The second kappa shape index (κ2) is 5.81. The molecule has 1 saturated heterocycles. The fourth-order valence-corrected chi connectivity index (χ4v) is 2.23. The van der Waals surface area contributed by atoms with Gasteiger partial charge in [-0.1, -0.05) is 0 Å². The summed E-state index contributed by atoms with van der Waals surface area (Å²) in [5.74, 6) is -0.127. The van der Waals surface area contributed by atoms with Crippen LogP contribution in [-0.4, -0.2) is 38.5 Å². The first-order chi connectivity index (χ1) is 9.47. The predicted octanol–water partition coefficient (Wildman–Crippen LogP) is 0.343. The van der Waals surface area contributed by atoms with E-state index in [1.165, 1.54) is 0 Å². The Hall–Kier alpha value is -2.24. The van der Waals surface area contributed by atoms with Crippen LogP contribution in [0.2, 0.25) is 0 Å². The summed E-state index contributed by atoms with van der Waals surface area (Å²) in [6.45, 7) is 0.482. The van der Waals surface area contributed by atoms with Crippen LogP contribution in [0, 0.1) is 0 Å². The highest BCUT2D eigenvalue weighted by Gasteiger charge is 2.20. The van der Waals surface area contributed by atoms with E-state index < -0.39 is 0 Å². The van der Waals surface area contributed by atoms with E-state index in [2.05, 4.69) is 10.6 Å². The molecule has 2 amide bonds. The molecular weight excluding hydrogens is 256 g/mol. The highest BCUT2D eigenvalue weighted by atomic mass is 16.2. The fourth-order valence-electron chi connectivity index (χ4n) is 2.23. The van der Waals surface area contributed by atoms with Gasteiger partial charge in [-0.05, 0) is 24.6 Å². The number of nitrogens with two attached hydrogens (primary N) is 1. The van der Waals surface area contributed by atoms with Gasteiger partial charge in [0, 0.05) is 38.7 Å². The lowest BCUT2D eigenvalue weighted by Crippen LogP contribution is -2.47. The summed E-state index contributed by atoms with van der Waals surface area (Å²) in [4.78, 5) is 25.1. The minimum atomic E-state index is -0.164. The van der Waals surface area contributed by atoms with Crippen LogP contribution in [0.5, 0.6) is 0 Å². The van der Waals surface area contributed by atoms with E-state index in [9.17, 15) is 9.59 Å². The number of nitrogen functional groups attached to an aromatic ring is 1. The first kappa shape index (κ1) is 14.2. The lowest BCUT2D eigenvalue weighted by molar-refractivity contribution is -0.122. The largest absolute Gasteiger partial charge is 0.397 e. The van der Waals surface area contributed by atoms with E-state index in [-0.39, 0.29) is 17.9 Å². The number of nitrogens with one attached hydrogen (secondary N) is 2. The molecule has 0 bridgehead atoms. The highest BCUT2D eigenvalue weighted by molar-refractivity contribution is 5.96. The van der Waals surface area contributed by atoms with Crippen molar-refractivity contribution < 1.29 is 9.59 Å². The molecule has 0 radical (unpaired) electrons. The molecule has 1 aromatic carbocycles. The van der Waals surface area contributed by atoms with Crippen LogP contribution >= 0.6 is 0 Å². The third kappa shape index (κ3) is 3.20. The van der Waals surface area contributed by atoms with Crippen LogP contribution in [0.1, 0.15) is 23.2 Å². The molecule has 1 heterocycles. The van der Waals surface area contributed by atoms with E-state index in [4.69, 9.17) is 5.73 Å². The quantitative estimate of drug-likeness (QED) is 0.695. The second-order valence-corrected chi connectivity index (χ2v) is 5.18. The molecule has 6 nitrogen and oxygen atoms in total. The van der Waals surface area contributed by atoms with Crippen molar-refractivity contribution in [3.05, 3.63) is 23.8 Å². The van der Waals surface area contributed by atoms with Gasteiger partial charge in [0.15, 0.2) is 0 Å². The van der Waals surface area contributed by atoms with Crippen molar-refractivity contribution in [1.29, 1.82) is 0 Å². The Bertz CT molecular complexity index is 518. The molecule has 0 saturated carbocycles. The molecule has 1 fully saturated rings. The SMILES string of the molecule is CN(C)c1ccc(C(=O)NC2CCC(=O)NC2)cc1N. The first-order valence-electron chi connectivity index (χ1n) is 6.62. The van der Waals surface area contributed by atoms with Gasteiger partial charge in [-0.2, -0.15) is 0 Å². The summed E-state index contributed by atoms with van der Waals surface area (Å²) in [5, 5.41) is 5.65. The van der Waals surface area contributed by atoms with Crippen molar-refractivity contribution in [2.75, 3.05) is 31.3 Å². The van der Waals surface area contributed by atoms with Crippen LogP contribution in [0.3, 0.4) is 0 Å². The van der Waals surface area contributed by atoms with Crippen molar-refractivity contribution in [1.82, 2.24) is 10.6 Å². The normalized spacial score (nSPS) is 18.3. The minimum Gasteiger partial charge on any atom is -0.397 e. The molecule has 20 heavy (non-hydrogen) atoms. The number of hydrogen-bond acceptors (Lipinski definition) is 4. The van der Waals surface area contributed by atoms with Gasteiger partial charge in [-0.15, -0.1) is 0 Å². The lowest BCUT2D eigenvalue weighted by atomic mass is 10.1. The van der Waals surface area contributed by atoms with Gasteiger partial charge in [0.1, 0.15) is 0 Å². The minimum absolute atomic E-state index is 0.0186. The summed E-state index contributed by atoms with van der Waals surface area (Å²) >= 11 is 0. The number of rotatable bonds is 3. The van der Waals surface area contributed by atoms with Crippen molar-refractivity contribution in [2.24, 2.45) is 0 Å². The molecule has 1 aromatic rings. The summed E-state index contributed by atoms with van der Waals surface area (Å²) in [7, 11) is 3.80. The zero-order valence-electron chi connectivity index (χ0n) is 11.8. The molecule has 1 atom stereocenters. The van der Waals surface area contributed by atoms with Gasteiger partial charge in [0.25, 0.3) is 5.91 Å². The Kier molecular flexibility index (Phi) is 4.12. The van der Waals surface area contributed by atoms with Gasteiger partial charge in [-0.25, -0.2) is 0 Å². The Morgan fingerprint density at radius 2 is 2.20 bits per heavy atom. The number of hydrogen-bond donors (Lipinski definition) is 3. The fraction of sp³-hybridized carbons (Fsp3) is 0.429. The monoisotopic (exact) mass is 276 g/mol. The highest BCUT2D eigenvalue weighted by Crippen LogP contribution is 2.22. The summed E-state index contributed by atoms with van der Waals surface area (Å²) < 4.78 is 0. The molecule has 1 aliphatic heterocycles. The predicted molar refractivity (Wildman–Crippen MR) is 78.7 cm³/mol. The zero-order chi connectivity index (χ0) is 14.7. The average molecular weight is 276 g/mol. The standard InChI is InChI=1S/C14H20N4O2/c1-18(2)12-5-3-9(7-11(12)15)14(20)17-10-4-6-13(19)16-8-10/h3,5,7,10H,4,6,8,15H2,1-2H3,(H,16,19)(H,17,20). The summed E-state index contributed by atoms with van der Waals surface area (Å²) in [6, 6.07) is 5.23. The van der Waals surface area contributed by atoms with Gasteiger partial charge >= 0.3 is 0 Å². The summed E-state index contributed by atoms with van der Waals surface area (Å²) in [6.07, 6.45) is 1.12. The zero-order valence-corrected chi connectivity index (χ0v) is 11.8. The van der Waals surface area contributed by atoms with Crippen LogP contribution in [0.15, 0.2) is 18.2 Å². The number of anilines is 2. The molecule has 6 heteroatoms. The van der Waals surface area contributed by atoms with E-state index in [1.807, 2.05) is 25.1 Å². The van der Waals surface area contributed by atoms with Gasteiger partial charge in [0.2, 0.25) is 5.91 Å². The molecule has 1 unspecified atom stereocenters. The molecule has 0 spiro atoms. The number of piperidine rings is 1. The van der Waals surface area contributed by atoms with E-state index in [0.29, 0.717) is 30.6 Å². The third-order valence-electron chi connectivity index (χ3n) is 3.37. The van der Waals surface area contributed by atoms with Crippen LogP contribution < -0.4 is 21.3 Å². The molecule has 0 aromatic heterocycles. The second-order valence-electron chi connectivity index (χ2n) is 5.18. The third-order valence-corrected chi connectivity index (χ3v) is 3.37. The number of carbonyl (C=O) groups excluding carboxylic acids is 2. The smallest absolute Gasteiger partial charge is 0.251 e. The van der Waals surface area contributed by atoms with Crippen molar-refractivity contribution in [3.8, 4) is 0 Å². The van der Waals surface area contributed by atoms with Crippen LogP contribution in [0.25, 0.3) is 0 Å². The Morgan fingerprint density at radius 3 is 2.75 bits per heavy atom. The maximum Gasteiger partial charge on any atom is 0.251 e. The molecule has 0 aliphatic carbocycles. The molecule has 1 aliphatic rings. The molecule has 4 N–H and O–H groups in total.